The second-order valence-corrected chi connectivity index (χ2v) is 13.4. The van der Waals surface area contributed by atoms with Crippen LogP contribution in [0.15, 0.2) is 140 Å². The number of ether oxygens (including phenoxy) is 1. The van der Waals surface area contributed by atoms with Gasteiger partial charge in [0.2, 0.25) is 0 Å². The predicted octanol–water partition coefficient (Wildman–Crippen LogP) is 12.0. The van der Waals surface area contributed by atoms with Gasteiger partial charge >= 0.3 is 0 Å². The summed E-state index contributed by atoms with van der Waals surface area (Å²) in [5, 5.41) is 11.8. The van der Waals surface area contributed by atoms with E-state index in [1.807, 2.05) is 29.5 Å². The predicted molar refractivity (Wildman–Crippen MR) is 199 cm³/mol. The number of hydrogen-bond acceptors (Lipinski definition) is 5. The molecule has 3 heterocycles. The van der Waals surface area contributed by atoms with Crippen molar-refractivity contribution in [3.8, 4) is 45.7 Å². The fourth-order valence-electron chi connectivity index (χ4n) is 7.49. The highest BCUT2D eigenvalue weighted by molar-refractivity contribution is 7.26. The first kappa shape index (κ1) is 26.0. The average molecular weight is 630 g/mol. The fourth-order valence-corrected chi connectivity index (χ4v) is 8.76. The second-order valence-electron chi connectivity index (χ2n) is 12.3. The lowest BCUT2D eigenvalue weighted by molar-refractivity contribution is 0.494. The molecule has 222 valence electrons. The van der Waals surface area contributed by atoms with Gasteiger partial charge in [0.15, 0.2) is 17.5 Å². The molecule has 0 amide bonds. The molecule has 0 saturated carbocycles. The van der Waals surface area contributed by atoms with Gasteiger partial charge < -0.3 is 4.74 Å². The van der Waals surface area contributed by atoms with Gasteiger partial charge in [0, 0.05) is 47.5 Å². The molecule has 11 rings (SSSR count). The average Bonchev–Trinajstić information content (AvgIpc) is 3.54. The highest BCUT2D eigenvalue weighted by atomic mass is 32.1. The number of fused-ring (bicyclic) bond motifs is 5. The molecule has 2 aromatic heterocycles. The molecule has 0 atom stereocenters. The van der Waals surface area contributed by atoms with Gasteiger partial charge in [-0.05, 0) is 45.1 Å². The second kappa shape index (κ2) is 9.67. The van der Waals surface area contributed by atoms with E-state index in [1.165, 1.54) is 41.7 Å². The molecular formula is C43H23N3OS. The molecule has 0 fully saturated rings. The van der Waals surface area contributed by atoms with Gasteiger partial charge in [-0.3, -0.25) is 0 Å². The number of benzene rings is 8. The van der Waals surface area contributed by atoms with Crippen LogP contribution >= 0.6 is 11.3 Å². The van der Waals surface area contributed by atoms with E-state index in [2.05, 4.69) is 121 Å². The van der Waals surface area contributed by atoms with Crippen LogP contribution in [-0.2, 0) is 0 Å². The Hall–Kier alpha value is -6.17. The Kier molecular flexibility index (Phi) is 5.23. The van der Waals surface area contributed by atoms with Crippen LogP contribution in [0.25, 0.3) is 97.4 Å². The summed E-state index contributed by atoms with van der Waals surface area (Å²) in [5.41, 5.74) is 2.77. The topological polar surface area (TPSA) is 47.9 Å². The van der Waals surface area contributed by atoms with Gasteiger partial charge in [-0.1, -0.05) is 121 Å². The van der Waals surface area contributed by atoms with E-state index < -0.39 is 0 Å². The van der Waals surface area contributed by atoms with Crippen LogP contribution in [-0.4, -0.2) is 15.0 Å². The van der Waals surface area contributed by atoms with Crippen molar-refractivity contribution in [3.05, 3.63) is 140 Å². The molecule has 4 nitrogen and oxygen atoms in total. The van der Waals surface area contributed by atoms with Crippen molar-refractivity contribution in [1.82, 2.24) is 15.0 Å². The van der Waals surface area contributed by atoms with E-state index in [4.69, 9.17) is 19.7 Å². The molecule has 48 heavy (non-hydrogen) atoms. The third kappa shape index (κ3) is 3.62. The van der Waals surface area contributed by atoms with Gasteiger partial charge in [-0.2, -0.15) is 0 Å². The molecule has 5 heteroatoms. The molecule has 1 aliphatic rings. The molecule has 0 N–H and O–H groups in total. The van der Waals surface area contributed by atoms with Gasteiger partial charge in [0.05, 0.1) is 5.56 Å². The minimum Gasteiger partial charge on any atom is -0.455 e. The third-order valence-electron chi connectivity index (χ3n) is 9.67. The Morgan fingerprint density at radius 3 is 1.96 bits per heavy atom. The molecule has 0 bridgehead atoms. The summed E-state index contributed by atoms with van der Waals surface area (Å²) in [6.45, 7) is 0. The van der Waals surface area contributed by atoms with Crippen molar-refractivity contribution in [3.63, 3.8) is 0 Å². The first-order valence-corrected chi connectivity index (χ1v) is 16.8. The van der Waals surface area contributed by atoms with Crippen molar-refractivity contribution >= 4 is 74.6 Å². The molecule has 0 unspecified atom stereocenters. The largest absolute Gasteiger partial charge is 0.455 e. The zero-order chi connectivity index (χ0) is 31.3. The van der Waals surface area contributed by atoms with E-state index in [9.17, 15) is 0 Å². The lowest BCUT2D eigenvalue weighted by Gasteiger charge is -2.22. The standard InChI is InChI=1S/C43H23N3OS/c1-2-9-28(10-3-1)41-44-42(31-13-7-15-34-38(31)30-22-20-24-8-4-5-12-29(24)40(30)48-34)46-43(45-41)32-23-21-27-19-18-26-17-16-25-11-6-14-33-35(25)36(26)37(27)39(32)47-33/h1-23H. The van der Waals surface area contributed by atoms with E-state index in [0.717, 1.165) is 49.7 Å². The summed E-state index contributed by atoms with van der Waals surface area (Å²) in [6, 6.07) is 48.9. The molecule has 0 radical (unpaired) electrons. The van der Waals surface area contributed by atoms with Crippen molar-refractivity contribution in [2.24, 2.45) is 0 Å². The van der Waals surface area contributed by atoms with Gasteiger partial charge in [0.1, 0.15) is 11.5 Å². The number of rotatable bonds is 3. The van der Waals surface area contributed by atoms with Crippen molar-refractivity contribution < 1.29 is 4.74 Å². The molecule has 10 aromatic rings. The molecule has 0 spiro atoms. The van der Waals surface area contributed by atoms with E-state index in [-0.39, 0.29) is 0 Å². The highest BCUT2D eigenvalue weighted by Gasteiger charge is 2.25. The van der Waals surface area contributed by atoms with E-state index in [0.29, 0.717) is 17.5 Å². The number of aromatic nitrogens is 3. The Labute approximate surface area is 278 Å². The normalized spacial score (nSPS) is 12.3. The maximum atomic E-state index is 6.82. The van der Waals surface area contributed by atoms with Crippen LogP contribution in [0.1, 0.15) is 0 Å². The first-order chi connectivity index (χ1) is 23.8. The maximum Gasteiger partial charge on any atom is 0.167 e. The van der Waals surface area contributed by atoms with Crippen LogP contribution in [0, 0.1) is 0 Å². The Balaban J connectivity index is 1.22. The summed E-state index contributed by atoms with van der Waals surface area (Å²) < 4.78 is 9.30. The monoisotopic (exact) mass is 629 g/mol. The third-order valence-corrected chi connectivity index (χ3v) is 10.9. The lowest BCUT2D eigenvalue weighted by atomic mass is 9.92. The number of hydrogen-bond donors (Lipinski definition) is 0. The summed E-state index contributed by atoms with van der Waals surface area (Å²) in [7, 11) is 0. The van der Waals surface area contributed by atoms with Crippen molar-refractivity contribution in [2.45, 2.75) is 0 Å². The van der Waals surface area contributed by atoms with Crippen LogP contribution in [0.4, 0.5) is 0 Å². The molecule has 0 aliphatic carbocycles. The molecule has 1 aliphatic heterocycles. The first-order valence-electron chi connectivity index (χ1n) is 16.0. The maximum absolute atomic E-state index is 6.82. The SMILES string of the molecule is c1ccc(-c2nc(-c3ccc4ccc5ccc6cccc7c6c5c4c3O7)nc(-c3cccc4sc5c6ccccc6ccc5c34)n2)cc1. The Bertz CT molecular complexity index is 2980. The van der Waals surface area contributed by atoms with Gasteiger partial charge in [0.25, 0.3) is 0 Å². The Morgan fingerprint density at radius 1 is 0.417 bits per heavy atom. The number of nitrogens with zero attached hydrogens (tertiary/aromatic N) is 3. The molecular weight excluding hydrogens is 607 g/mol. The quantitative estimate of drug-likeness (QED) is 0.182. The van der Waals surface area contributed by atoms with Crippen LogP contribution in [0.2, 0.25) is 0 Å². The van der Waals surface area contributed by atoms with E-state index >= 15 is 0 Å². The zero-order valence-corrected chi connectivity index (χ0v) is 26.3. The summed E-state index contributed by atoms with van der Waals surface area (Å²) in [4.78, 5) is 15.6. The van der Waals surface area contributed by atoms with Crippen LogP contribution in [0.3, 0.4) is 0 Å². The summed E-state index contributed by atoms with van der Waals surface area (Å²) in [6.07, 6.45) is 0. The van der Waals surface area contributed by atoms with Crippen molar-refractivity contribution in [2.75, 3.05) is 0 Å². The smallest absolute Gasteiger partial charge is 0.167 e. The number of thiophene rings is 1. The van der Waals surface area contributed by atoms with Gasteiger partial charge in [-0.15, -0.1) is 11.3 Å². The Morgan fingerprint density at radius 2 is 1.08 bits per heavy atom. The lowest BCUT2D eigenvalue weighted by Crippen LogP contribution is -2.03. The molecule has 0 saturated heterocycles. The highest BCUT2D eigenvalue weighted by Crippen LogP contribution is 2.50. The minimum absolute atomic E-state index is 0.585. The fraction of sp³-hybridized carbons (Fsp3) is 0. The molecule has 8 aromatic carbocycles. The van der Waals surface area contributed by atoms with E-state index in [1.54, 1.807) is 0 Å². The van der Waals surface area contributed by atoms with Crippen LogP contribution < -0.4 is 4.74 Å². The van der Waals surface area contributed by atoms with Crippen LogP contribution in [0.5, 0.6) is 11.5 Å². The zero-order valence-electron chi connectivity index (χ0n) is 25.4. The summed E-state index contributed by atoms with van der Waals surface area (Å²) >= 11 is 1.82. The van der Waals surface area contributed by atoms with Crippen molar-refractivity contribution in [1.29, 1.82) is 0 Å². The minimum atomic E-state index is 0.585. The summed E-state index contributed by atoms with van der Waals surface area (Å²) in [5.74, 6) is 3.49. The van der Waals surface area contributed by atoms with Gasteiger partial charge in [-0.25, -0.2) is 15.0 Å².